The normalized spacial score (nSPS) is 14.3. The number of benzene rings is 8. The van der Waals surface area contributed by atoms with Gasteiger partial charge in [-0.15, -0.1) is 0 Å². The van der Waals surface area contributed by atoms with Crippen molar-refractivity contribution in [2.45, 2.75) is 26.2 Å². The summed E-state index contributed by atoms with van der Waals surface area (Å²) in [5, 5.41) is 11.3. The summed E-state index contributed by atoms with van der Waals surface area (Å²) in [4.78, 5) is 0. The van der Waals surface area contributed by atoms with Gasteiger partial charge in [-0.25, -0.2) is 0 Å². The van der Waals surface area contributed by atoms with Crippen molar-refractivity contribution in [2.75, 3.05) is 0 Å². The van der Waals surface area contributed by atoms with E-state index in [-0.39, 0.29) is 5.41 Å². The van der Waals surface area contributed by atoms with Gasteiger partial charge in [-0.1, -0.05) is 142 Å². The zero-order valence-corrected chi connectivity index (χ0v) is 30.5. The van der Waals surface area contributed by atoms with E-state index in [9.17, 15) is 0 Å². The zero-order chi connectivity index (χ0) is 36.3. The molecule has 256 valence electrons. The predicted octanol–water partition coefficient (Wildman–Crippen LogP) is 13.2. The third-order valence-electron chi connectivity index (χ3n) is 12.0. The summed E-state index contributed by atoms with van der Waals surface area (Å²) in [6.07, 6.45) is 5.93. The number of rotatable bonds is 3. The van der Waals surface area contributed by atoms with E-state index in [1.807, 2.05) is 12.1 Å². The Morgan fingerprint density at radius 2 is 1.15 bits per heavy atom. The smallest absolute Gasteiger partial charge is 0.143 e. The Balaban J connectivity index is 1.29. The molecule has 1 aliphatic carbocycles. The van der Waals surface area contributed by atoms with Gasteiger partial charge in [0.15, 0.2) is 0 Å². The van der Waals surface area contributed by atoms with Crippen molar-refractivity contribution in [1.82, 2.24) is 0 Å². The molecule has 2 aromatic heterocycles. The predicted molar refractivity (Wildman–Crippen MR) is 228 cm³/mol. The molecule has 0 amide bonds. The highest BCUT2D eigenvalue weighted by atomic mass is 16.3. The number of hydrogen-bond donors (Lipinski definition) is 0. The highest BCUT2D eigenvalue weighted by molar-refractivity contribution is 6.27. The van der Waals surface area contributed by atoms with E-state index in [1.165, 1.54) is 54.9 Å². The molecule has 0 unspecified atom stereocenters. The topological polar surface area (TPSA) is 26.3 Å². The van der Waals surface area contributed by atoms with E-state index in [0.717, 1.165) is 65.4 Å². The fraction of sp³-hybridized carbons (Fsp3) is 0.0769. The van der Waals surface area contributed by atoms with Crippen LogP contribution in [0.3, 0.4) is 0 Å². The van der Waals surface area contributed by atoms with E-state index in [1.54, 1.807) is 6.08 Å². The summed E-state index contributed by atoms with van der Waals surface area (Å²) in [5.74, 6) is 0. The Morgan fingerprint density at radius 3 is 1.87 bits per heavy atom. The zero-order valence-electron chi connectivity index (χ0n) is 30.5. The van der Waals surface area contributed by atoms with Crippen molar-refractivity contribution in [3.8, 4) is 33.4 Å². The lowest BCUT2D eigenvalue weighted by atomic mass is 9.81. The lowest BCUT2D eigenvalue weighted by Gasteiger charge is -2.22. The number of fused-ring (bicyclic) bond motifs is 12. The Kier molecular flexibility index (Phi) is 6.41. The first-order chi connectivity index (χ1) is 26.5. The minimum absolute atomic E-state index is 0.0507. The average molecular weight is 693 g/mol. The number of allylic oxidation sites excluding steroid dienone is 1. The van der Waals surface area contributed by atoms with Gasteiger partial charge in [0.25, 0.3) is 0 Å². The van der Waals surface area contributed by atoms with Crippen LogP contribution >= 0.6 is 0 Å². The fourth-order valence-electron chi connectivity index (χ4n) is 9.61. The van der Waals surface area contributed by atoms with Gasteiger partial charge in [0, 0.05) is 43.3 Å². The Bertz CT molecular complexity index is 3330. The largest absolute Gasteiger partial charge is 0.455 e. The molecule has 2 nitrogen and oxygen atoms in total. The Hall–Kier alpha value is -6.64. The van der Waals surface area contributed by atoms with Crippen LogP contribution in [0.25, 0.3) is 111 Å². The van der Waals surface area contributed by atoms with Crippen molar-refractivity contribution >= 4 is 77.4 Å². The molecule has 11 rings (SSSR count). The van der Waals surface area contributed by atoms with Crippen LogP contribution in [0.4, 0.5) is 0 Å². The molecule has 0 atom stereocenters. The maximum absolute atomic E-state index is 6.92. The van der Waals surface area contributed by atoms with Crippen LogP contribution in [-0.2, 0) is 5.41 Å². The molecule has 0 saturated heterocycles. The first-order valence-corrected chi connectivity index (χ1v) is 18.7. The van der Waals surface area contributed by atoms with Crippen LogP contribution in [0.15, 0.2) is 155 Å². The first-order valence-electron chi connectivity index (χ1n) is 18.7. The van der Waals surface area contributed by atoms with Gasteiger partial charge in [0.05, 0.1) is 0 Å². The van der Waals surface area contributed by atoms with Gasteiger partial charge in [0.2, 0.25) is 0 Å². The second-order valence-electron chi connectivity index (χ2n) is 15.1. The molecule has 54 heavy (non-hydrogen) atoms. The minimum atomic E-state index is -0.0507. The van der Waals surface area contributed by atoms with Crippen molar-refractivity contribution in [3.63, 3.8) is 0 Å². The third kappa shape index (κ3) is 4.06. The Labute approximate surface area is 312 Å². The summed E-state index contributed by atoms with van der Waals surface area (Å²) < 4.78 is 13.6. The highest BCUT2D eigenvalue weighted by Gasteiger charge is 2.35. The number of hydrogen-bond acceptors (Lipinski definition) is 2. The second kappa shape index (κ2) is 11.2. The number of furan rings is 2. The van der Waals surface area contributed by atoms with E-state index < -0.39 is 0 Å². The van der Waals surface area contributed by atoms with Crippen molar-refractivity contribution < 1.29 is 8.83 Å². The van der Waals surface area contributed by atoms with Gasteiger partial charge in [-0.3, -0.25) is 0 Å². The van der Waals surface area contributed by atoms with Gasteiger partial charge in [-0.05, 0) is 97.6 Å². The summed E-state index contributed by atoms with van der Waals surface area (Å²) in [5.41, 5.74) is 13.5. The molecule has 0 fully saturated rings. The van der Waals surface area contributed by atoms with Crippen LogP contribution in [0.1, 0.15) is 31.9 Å². The third-order valence-corrected chi connectivity index (χ3v) is 12.0. The molecule has 0 spiro atoms. The molecule has 8 aromatic carbocycles. The molecule has 2 heterocycles. The summed E-state index contributed by atoms with van der Waals surface area (Å²) in [6, 6.07) is 48.8. The molecule has 0 radical (unpaired) electrons. The lowest BCUT2D eigenvalue weighted by molar-refractivity contribution is 0.577. The number of para-hydroxylation sites is 1. The van der Waals surface area contributed by atoms with E-state index in [0.29, 0.717) is 0 Å². The highest BCUT2D eigenvalue weighted by Crippen LogP contribution is 2.52. The molecule has 1 aliphatic rings. The van der Waals surface area contributed by atoms with Gasteiger partial charge in [-0.2, -0.15) is 0 Å². The van der Waals surface area contributed by atoms with Gasteiger partial charge < -0.3 is 8.83 Å². The molecule has 10 aromatic rings. The molecule has 0 aliphatic heterocycles. The van der Waals surface area contributed by atoms with Gasteiger partial charge >= 0.3 is 0 Å². The quantitative estimate of drug-likeness (QED) is 0.172. The molecule has 0 saturated carbocycles. The first kappa shape index (κ1) is 30.9. The van der Waals surface area contributed by atoms with Crippen LogP contribution in [0.5, 0.6) is 0 Å². The average Bonchev–Trinajstić information content (AvgIpc) is 3.84. The SMILES string of the molecule is C=C/C=c1/oc2c(-c3c4ccccc4c(-c4ccc5c(c4)-c4ccccc4C5(C)C)c4ccccc34)cc3c(ccc4c5ccccc5oc43)c2/c1=C/C. The van der Waals surface area contributed by atoms with Crippen molar-refractivity contribution in [2.24, 2.45) is 0 Å². The lowest BCUT2D eigenvalue weighted by Crippen LogP contribution is -2.19. The molecular weight excluding hydrogens is 657 g/mol. The molecule has 0 N–H and O–H groups in total. The maximum atomic E-state index is 6.92. The van der Waals surface area contributed by atoms with E-state index in [4.69, 9.17) is 8.83 Å². The summed E-state index contributed by atoms with van der Waals surface area (Å²) in [6.45, 7) is 10.8. The summed E-state index contributed by atoms with van der Waals surface area (Å²) in [7, 11) is 0. The van der Waals surface area contributed by atoms with E-state index in [2.05, 4.69) is 161 Å². The summed E-state index contributed by atoms with van der Waals surface area (Å²) >= 11 is 0. The molecule has 0 bridgehead atoms. The second-order valence-corrected chi connectivity index (χ2v) is 15.1. The van der Waals surface area contributed by atoms with Crippen molar-refractivity contribution in [3.05, 3.63) is 168 Å². The minimum Gasteiger partial charge on any atom is -0.455 e. The van der Waals surface area contributed by atoms with Crippen LogP contribution < -0.4 is 10.6 Å². The Morgan fingerprint density at radius 1 is 0.519 bits per heavy atom. The standard InChI is InChI=1S/C52H36O2/c1-5-15-45-31(6-2)49-38-25-26-39-33-17-12-14-23-46(33)53-50(39)41(38)29-42(51(49)54-45)48-36-20-9-7-18-34(36)47(35-19-8-10-21-37(35)48)30-24-27-44-40(28-30)32-16-11-13-22-43(32)52(44,3)4/h5-29H,1H2,2-4H3/b31-6+,45-15+. The molecule has 2 heteroatoms. The van der Waals surface area contributed by atoms with Crippen LogP contribution in [0.2, 0.25) is 0 Å². The maximum Gasteiger partial charge on any atom is 0.143 e. The fourth-order valence-corrected chi connectivity index (χ4v) is 9.61. The van der Waals surface area contributed by atoms with Gasteiger partial charge in [0.1, 0.15) is 22.2 Å². The molecular formula is C52H36O2. The van der Waals surface area contributed by atoms with Crippen LogP contribution in [-0.4, -0.2) is 0 Å². The van der Waals surface area contributed by atoms with Crippen LogP contribution in [0, 0.1) is 0 Å². The van der Waals surface area contributed by atoms with Crippen molar-refractivity contribution in [1.29, 1.82) is 0 Å². The monoisotopic (exact) mass is 692 g/mol. The van der Waals surface area contributed by atoms with E-state index >= 15 is 0 Å².